The van der Waals surface area contributed by atoms with Gasteiger partial charge >= 0.3 is 0 Å². The molecule has 6 heteroatoms. The van der Waals surface area contributed by atoms with Gasteiger partial charge in [-0.3, -0.25) is 14.4 Å². The molecule has 4 rings (SSSR count). The molecule has 1 aliphatic carbocycles. The molecule has 0 N–H and O–H groups in total. The molecule has 2 aliphatic rings. The zero-order valence-electron chi connectivity index (χ0n) is 18.1. The molecular weight excluding hydrogens is 380 g/mol. The molecule has 1 saturated carbocycles. The first kappa shape index (κ1) is 20.4. The Morgan fingerprint density at radius 3 is 2.27 bits per heavy atom. The van der Waals surface area contributed by atoms with Crippen molar-refractivity contribution < 1.29 is 18.8 Å². The van der Waals surface area contributed by atoms with E-state index in [1.54, 1.807) is 35.4 Å². The fourth-order valence-electron chi connectivity index (χ4n) is 4.72. The van der Waals surface area contributed by atoms with Gasteiger partial charge in [-0.2, -0.15) is 0 Å². The molecule has 158 valence electrons. The number of carbonyl (C=O) groups is 3. The molecule has 3 amide bonds. The average Bonchev–Trinajstić information content (AvgIpc) is 3.10. The number of furan rings is 1. The molecule has 6 nitrogen and oxygen atoms in total. The lowest BCUT2D eigenvalue weighted by Crippen LogP contribution is -2.46. The van der Waals surface area contributed by atoms with E-state index in [4.69, 9.17) is 4.42 Å². The highest BCUT2D eigenvalue weighted by atomic mass is 16.3. The summed E-state index contributed by atoms with van der Waals surface area (Å²) in [6.45, 7) is 10.4. The van der Waals surface area contributed by atoms with Crippen LogP contribution in [0, 0.1) is 23.7 Å². The minimum Gasteiger partial charge on any atom is -0.467 e. The Hall–Kier alpha value is -2.89. The highest BCUT2D eigenvalue weighted by molar-refractivity contribution is 6.23. The van der Waals surface area contributed by atoms with Crippen molar-refractivity contribution in [2.45, 2.75) is 53.6 Å². The number of anilines is 1. The van der Waals surface area contributed by atoms with Crippen LogP contribution in [0.15, 0.2) is 47.1 Å². The fraction of sp³-hybridized carbons (Fsp3) is 0.458. The van der Waals surface area contributed by atoms with Gasteiger partial charge in [-0.05, 0) is 42.0 Å². The largest absolute Gasteiger partial charge is 0.467 e. The number of aryl methyl sites for hydroxylation is 1. The monoisotopic (exact) mass is 408 g/mol. The molecule has 0 radical (unpaired) electrons. The van der Waals surface area contributed by atoms with E-state index >= 15 is 0 Å². The second-order valence-corrected chi connectivity index (χ2v) is 9.54. The number of nitrogens with zero attached hydrogens (tertiary/aromatic N) is 2. The van der Waals surface area contributed by atoms with Gasteiger partial charge in [0.2, 0.25) is 11.8 Å². The van der Waals surface area contributed by atoms with Gasteiger partial charge in [-0.25, -0.2) is 4.90 Å². The van der Waals surface area contributed by atoms with Crippen LogP contribution in [0.2, 0.25) is 0 Å². The Kier molecular flexibility index (Phi) is 4.64. The summed E-state index contributed by atoms with van der Waals surface area (Å²) < 4.78 is 5.46. The van der Waals surface area contributed by atoms with E-state index in [9.17, 15) is 14.4 Å². The number of carbonyl (C=O) groups excluding carboxylic acids is 3. The minimum atomic E-state index is -0.830. The zero-order chi connectivity index (χ0) is 21.8. The molecular formula is C24H28N2O4. The topological polar surface area (TPSA) is 70.8 Å². The van der Waals surface area contributed by atoms with Gasteiger partial charge in [0.15, 0.2) is 0 Å². The normalized spacial score (nSPS) is 22.4. The van der Waals surface area contributed by atoms with Crippen LogP contribution in [0.25, 0.3) is 0 Å². The van der Waals surface area contributed by atoms with Crippen molar-refractivity contribution in [2.75, 3.05) is 4.90 Å². The second kappa shape index (κ2) is 6.83. The van der Waals surface area contributed by atoms with Crippen LogP contribution < -0.4 is 4.90 Å². The second-order valence-electron chi connectivity index (χ2n) is 9.54. The molecule has 2 aromatic rings. The Labute approximate surface area is 176 Å². The number of imide groups is 1. The van der Waals surface area contributed by atoms with Crippen molar-refractivity contribution in [3.63, 3.8) is 0 Å². The number of hydrogen-bond acceptors (Lipinski definition) is 4. The summed E-state index contributed by atoms with van der Waals surface area (Å²) in [6, 6.07) is 9.96. The third-order valence-corrected chi connectivity index (χ3v) is 7.25. The summed E-state index contributed by atoms with van der Waals surface area (Å²) in [5.41, 5.74) is 1.24. The highest BCUT2D eigenvalue weighted by Crippen LogP contribution is 2.69. The lowest BCUT2D eigenvalue weighted by atomic mass is 10.0. The van der Waals surface area contributed by atoms with E-state index in [1.165, 1.54) is 4.90 Å². The Morgan fingerprint density at radius 2 is 1.73 bits per heavy atom. The predicted octanol–water partition coefficient (Wildman–Crippen LogP) is 3.93. The van der Waals surface area contributed by atoms with Crippen LogP contribution in [0.3, 0.4) is 0 Å². The molecule has 30 heavy (non-hydrogen) atoms. The minimum absolute atomic E-state index is 0.0211. The van der Waals surface area contributed by atoms with Gasteiger partial charge in [0.25, 0.3) is 5.91 Å². The Morgan fingerprint density at radius 1 is 1.10 bits per heavy atom. The van der Waals surface area contributed by atoms with Crippen LogP contribution in [0.4, 0.5) is 5.69 Å². The maximum atomic E-state index is 13.6. The highest BCUT2D eigenvalue weighted by Gasteiger charge is 2.69. The maximum Gasteiger partial charge on any atom is 0.257 e. The van der Waals surface area contributed by atoms with E-state index in [2.05, 4.69) is 27.7 Å². The van der Waals surface area contributed by atoms with Crippen molar-refractivity contribution in [1.82, 2.24) is 4.90 Å². The van der Waals surface area contributed by atoms with Crippen LogP contribution in [0.1, 0.15) is 45.4 Å². The summed E-state index contributed by atoms with van der Waals surface area (Å²) in [6.07, 6.45) is 1.52. The lowest BCUT2D eigenvalue weighted by molar-refractivity contribution is -0.141. The number of hydrogen-bond donors (Lipinski definition) is 0. The summed E-state index contributed by atoms with van der Waals surface area (Å²) in [4.78, 5) is 42.5. The SMILES string of the molecule is Cc1ccc(N2C(=O)CC(N(Cc3ccco3)C(=O)C3C(C)(C)C3(C)C)C2=O)cc1. The molecule has 0 spiro atoms. The predicted molar refractivity (Wildman–Crippen MR) is 112 cm³/mol. The van der Waals surface area contributed by atoms with Crippen LogP contribution in [0.5, 0.6) is 0 Å². The van der Waals surface area contributed by atoms with Crippen molar-refractivity contribution >= 4 is 23.4 Å². The molecule has 2 fully saturated rings. The van der Waals surface area contributed by atoms with E-state index in [-0.39, 0.29) is 47.4 Å². The number of benzene rings is 1. The molecule has 1 aromatic heterocycles. The zero-order valence-corrected chi connectivity index (χ0v) is 18.1. The van der Waals surface area contributed by atoms with Crippen molar-refractivity contribution in [1.29, 1.82) is 0 Å². The van der Waals surface area contributed by atoms with Crippen molar-refractivity contribution in [2.24, 2.45) is 16.7 Å². The Bertz CT molecular complexity index is 975. The van der Waals surface area contributed by atoms with Gasteiger partial charge in [0, 0.05) is 5.92 Å². The number of amides is 3. The first-order chi connectivity index (χ1) is 14.1. The van der Waals surface area contributed by atoms with Gasteiger partial charge in [0.1, 0.15) is 11.8 Å². The fourth-order valence-corrected chi connectivity index (χ4v) is 4.72. The van der Waals surface area contributed by atoms with E-state index in [0.29, 0.717) is 11.4 Å². The third-order valence-electron chi connectivity index (χ3n) is 7.25. The van der Waals surface area contributed by atoms with Gasteiger partial charge < -0.3 is 9.32 Å². The summed E-state index contributed by atoms with van der Waals surface area (Å²) in [5, 5.41) is 0. The summed E-state index contributed by atoms with van der Waals surface area (Å²) in [7, 11) is 0. The van der Waals surface area contributed by atoms with E-state index in [0.717, 1.165) is 5.56 Å². The Balaban J connectivity index is 1.65. The molecule has 1 saturated heterocycles. The van der Waals surface area contributed by atoms with Gasteiger partial charge in [-0.15, -0.1) is 0 Å². The standard InChI is InChI=1S/C24H28N2O4/c1-15-8-10-16(11-9-15)26-19(27)13-18(21(26)28)25(14-17-7-6-12-30-17)22(29)20-23(2,3)24(20,4)5/h6-12,18,20H,13-14H2,1-5H3. The molecule has 2 heterocycles. The van der Waals surface area contributed by atoms with Crippen molar-refractivity contribution in [3.05, 3.63) is 54.0 Å². The average molecular weight is 408 g/mol. The van der Waals surface area contributed by atoms with Crippen molar-refractivity contribution in [3.8, 4) is 0 Å². The molecule has 1 aromatic carbocycles. The lowest BCUT2D eigenvalue weighted by Gasteiger charge is -2.28. The third kappa shape index (κ3) is 3.06. The number of rotatable bonds is 5. The van der Waals surface area contributed by atoms with E-state index in [1.807, 2.05) is 19.1 Å². The van der Waals surface area contributed by atoms with Gasteiger partial charge in [-0.1, -0.05) is 45.4 Å². The van der Waals surface area contributed by atoms with Gasteiger partial charge in [0.05, 0.1) is 24.9 Å². The quantitative estimate of drug-likeness (QED) is 0.703. The molecule has 1 atom stereocenters. The maximum absolute atomic E-state index is 13.6. The first-order valence-electron chi connectivity index (χ1n) is 10.3. The smallest absolute Gasteiger partial charge is 0.257 e. The summed E-state index contributed by atoms with van der Waals surface area (Å²) >= 11 is 0. The van der Waals surface area contributed by atoms with Crippen LogP contribution in [-0.2, 0) is 20.9 Å². The molecule has 1 aliphatic heterocycles. The summed E-state index contributed by atoms with van der Waals surface area (Å²) in [5.74, 6) is -0.372. The van der Waals surface area contributed by atoms with E-state index < -0.39 is 6.04 Å². The van der Waals surface area contributed by atoms with Crippen LogP contribution in [-0.4, -0.2) is 28.7 Å². The molecule has 1 unspecified atom stereocenters. The first-order valence-corrected chi connectivity index (χ1v) is 10.3. The molecule has 0 bridgehead atoms. The van der Waals surface area contributed by atoms with Crippen LogP contribution >= 0.6 is 0 Å².